The highest BCUT2D eigenvalue weighted by Crippen LogP contribution is 2.37. The summed E-state index contributed by atoms with van der Waals surface area (Å²) in [6.45, 7) is 2.44. The van der Waals surface area contributed by atoms with Gasteiger partial charge in [-0.15, -0.1) is 11.3 Å². The predicted octanol–water partition coefficient (Wildman–Crippen LogP) is 5.84. The minimum atomic E-state index is -0.596. The fraction of sp³-hybridized carbons (Fsp3) is 0.200. The molecule has 0 saturated heterocycles. The molecule has 0 fully saturated rings. The summed E-state index contributed by atoms with van der Waals surface area (Å²) in [5.74, 6) is -0.315. The number of hydrogen-bond acceptors (Lipinski definition) is 8. The Morgan fingerprint density at radius 3 is 2.54 bits per heavy atom. The number of halogens is 1. The summed E-state index contributed by atoms with van der Waals surface area (Å²) in [4.78, 5) is 37.6. The van der Waals surface area contributed by atoms with Crippen molar-refractivity contribution in [3.05, 3.63) is 87.8 Å². The highest BCUT2D eigenvalue weighted by Gasteiger charge is 2.20. The quantitative estimate of drug-likeness (QED) is 0.0701. The molecule has 4 rings (SSSR count). The van der Waals surface area contributed by atoms with Crippen LogP contribution in [0.15, 0.2) is 71.8 Å². The molecule has 1 aromatic heterocycles. The molecule has 0 bridgehead atoms. The summed E-state index contributed by atoms with van der Waals surface area (Å²) in [5.41, 5.74) is 3.34. The second-order valence-electron chi connectivity index (χ2n) is 8.74. The van der Waals surface area contributed by atoms with Crippen molar-refractivity contribution in [3.8, 4) is 17.2 Å². The van der Waals surface area contributed by atoms with E-state index in [9.17, 15) is 14.4 Å². The first-order chi connectivity index (χ1) is 19.9. The number of ether oxygens (including phenoxy) is 3. The van der Waals surface area contributed by atoms with Crippen LogP contribution in [-0.4, -0.2) is 44.3 Å². The number of amides is 2. The summed E-state index contributed by atoms with van der Waals surface area (Å²) in [6, 6.07) is 19.0. The highest BCUT2D eigenvalue weighted by molar-refractivity contribution is 7.21. The second-order valence-corrected chi connectivity index (χ2v) is 10.2. The number of benzene rings is 3. The molecule has 212 valence electrons. The number of hydrogen-bond donors (Lipinski definition) is 2. The maximum absolute atomic E-state index is 12.8. The lowest BCUT2D eigenvalue weighted by Crippen LogP contribution is -2.34. The molecule has 0 aliphatic rings. The molecule has 0 atom stereocenters. The molecule has 2 N–H and O–H groups in total. The monoisotopic (exact) mass is 593 g/mol. The van der Waals surface area contributed by atoms with Crippen LogP contribution in [0.1, 0.15) is 45.4 Å². The van der Waals surface area contributed by atoms with Crippen molar-refractivity contribution in [1.29, 1.82) is 0 Å². The van der Waals surface area contributed by atoms with E-state index in [1.54, 1.807) is 42.5 Å². The van der Waals surface area contributed by atoms with E-state index < -0.39 is 17.8 Å². The van der Waals surface area contributed by atoms with Crippen LogP contribution in [0.25, 0.3) is 10.1 Å². The summed E-state index contributed by atoms with van der Waals surface area (Å²) >= 11 is 7.64. The van der Waals surface area contributed by atoms with E-state index in [-0.39, 0.29) is 12.3 Å². The third-order valence-electron chi connectivity index (χ3n) is 5.81. The van der Waals surface area contributed by atoms with Crippen molar-refractivity contribution in [2.45, 2.75) is 19.8 Å². The molecule has 4 aromatic rings. The van der Waals surface area contributed by atoms with Gasteiger partial charge in [0.05, 0.1) is 31.5 Å². The molecule has 1 heterocycles. The van der Waals surface area contributed by atoms with E-state index >= 15 is 0 Å². The number of carbonyl (C=O) groups is 3. The smallest absolute Gasteiger partial charge is 0.355 e. The lowest BCUT2D eigenvalue weighted by Gasteiger charge is -2.09. The lowest BCUT2D eigenvalue weighted by atomic mass is 10.2. The van der Waals surface area contributed by atoms with E-state index in [0.29, 0.717) is 39.1 Å². The molecular formula is C30H28ClN3O6S. The van der Waals surface area contributed by atoms with Crippen LogP contribution in [0, 0.1) is 0 Å². The number of methoxy groups -OCH3 is 1. The zero-order chi connectivity index (χ0) is 29.2. The van der Waals surface area contributed by atoms with Crippen molar-refractivity contribution in [2.75, 3.05) is 20.3 Å². The average molecular weight is 594 g/mol. The molecule has 2 amide bonds. The largest absolute Gasteiger partial charge is 0.494 e. The van der Waals surface area contributed by atoms with Gasteiger partial charge in [-0.2, -0.15) is 5.10 Å². The van der Waals surface area contributed by atoms with Gasteiger partial charge in [-0.25, -0.2) is 10.2 Å². The molecule has 0 aliphatic heterocycles. The Hall–Kier alpha value is -4.41. The predicted molar refractivity (Wildman–Crippen MR) is 160 cm³/mol. The van der Waals surface area contributed by atoms with Crippen molar-refractivity contribution in [1.82, 2.24) is 10.7 Å². The third-order valence-corrected chi connectivity index (χ3v) is 7.46. The van der Waals surface area contributed by atoms with E-state index in [2.05, 4.69) is 22.8 Å². The third kappa shape index (κ3) is 7.84. The molecule has 0 unspecified atom stereocenters. The average Bonchev–Trinajstić information content (AvgIpc) is 3.33. The van der Waals surface area contributed by atoms with E-state index in [0.717, 1.165) is 22.9 Å². The number of esters is 1. The maximum Gasteiger partial charge on any atom is 0.355 e. The van der Waals surface area contributed by atoms with Gasteiger partial charge in [0, 0.05) is 15.6 Å². The Kier molecular flexibility index (Phi) is 10.3. The van der Waals surface area contributed by atoms with Gasteiger partial charge in [0.25, 0.3) is 11.8 Å². The number of thiophene rings is 1. The SMILES string of the molecule is CCCCOc1ccc(C(=O)NCC(=O)NN=Cc2ccc(OC(=O)c3sc4ccccc4c3Cl)c(OC)c2)cc1. The summed E-state index contributed by atoms with van der Waals surface area (Å²) in [5, 5.41) is 7.59. The molecule has 0 spiro atoms. The van der Waals surface area contributed by atoms with Gasteiger partial charge in [0.15, 0.2) is 11.5 Å². The summed E-state index contributed by atoms with van der Waals surface area (Å²) in [6.07, 6.45) is 3.39. The number of nitrogens with one attached hydrogen (secondary N) is 2. The van der Waals surface area contributed by atoms with Crippen LogP contribution in [0.2, 0.25) is 5.02 Å². The topological polar surface area (TPSA) is 115 Å². The van der Waals surface area contributed by atoms with Gasteiger partial charge in [-0.05, 0) is 60.5 Å². The van der Waals surface area contributed by atoms with E-state index in [1.807, 2.05) is 24.3 Å². The first-order valence-electron chi connectivity index (χ1n) is 12.8. The van der Waals surface area contributed by atoms with Crippen LogP contribution >= 0.6 is 22.9 Å². The number of hydrazone groups is 1. The van der Waals surface area contributed by atoms with Crippen molar-refractivity contribution in [3.63, 3.8) is 0 Å². The summed E-state index contributed by atoms with van der Waals surface area (Å²) < 4.78 is 17.4. The van der Waals surface area contributed by atoms with E-state index in [1.165, 1.54) is 24.7 Å². The van der Waals surface area contributed by atoms with Gasteiger partial charge < -0.3 is 19.5 Å². The molecule has 3 aromatic carbocycles. The van der Waals surface area contributed by atoms with Crippen LogP contribution in [0.5, 0.6) is 17.2 Å². The number of rotatable bonds is 12. The molecular weight excluding hydrogens is 566 g/mol. The van der Waals surface area contributed by atoms with Crippen LogP contribution in [0.4, 0.5) is 0 Å². The number of carbonyl (C=O) groups excluding carboxylic acids is 3. The van der Waals surface area contributed by atoms with E-state index in [4.69, 9.17) is 25.8 Å². The Morgan fingerprint density at radius 1 is 1.02 bits per heavy atom. The Labute approximate surface area is 246 Å². The van der Waals surface area contributed by atoms with Gasteiger partial charge in [0.1, 0.15) is 10.6 Å². The molecule has 41 heavy (non-hydrogen) atoms. The normalized spacial score (nSPS) is 10.9. The van der Waals surface area contributed by atoms with Crippen molar-refractivity contribution < 1.29 is 28.6 Å². The first-order valence-corrected chi connectivity index (χ1v) is 14.0. The van der Waals surface area contributed by atoms with Gasteiger partial charge in [0.2, 0.25) is 0 Å². The molecule has 0 saturated carbocycles. The Balaban J connectivity index is 1.28. The molecule has 0 radical (unpaired) electrons. The Morgan fingerprint density at radius 2 is 1.80 bits per heavy atom. The number of fused-ring (bicyclic) bond motifs is 1. The van der Waals surface area contributed by atoms with Crippen molar-refractivity contribution in [2.24, 2.45) is 5.10 Å². The lowest BCUT2D eigenvalue weighted by molar-refractivity contribution is -0.120. The Bertz CT molecular complexity index is 1570. The number of nitrogens with zero attached hydrogens (tertiary/aromatic N) is 1. The van der Waals surface area contributed by atoms with Gasteiger partial charge in [-0.1, -0.05) is 43.1 Å². The van der Waals surface area contributed by atoms with Gasteiger partial charge >= 0.3 is 5.97 Å². The standard InChI is InChI=1S/C30H28ClN3O6S/c1-3-4-15-39-21-12-10-20(11-13-21)29(36)32-18-26(35)34-33-17-19-9-14-23(24(16-19)38-2)40-30(37)28-27(31)22-7-5-6-8-25(22)41-28/h5-14,16-17H,3-4,15,18H2,1-2H3,(H,32,36)(H,34,35). The zero-order valence-electron chi connectivity index (χ0n) is 22.4. The van der Waals surface area contributed by atoms with Crippen molar-refractivity contribution >= 4 is 57.0 Å². The zero-order valence-corrected chi connectivity index (χ0v) is 24.0. The molecule has 11 heteroatoms. The maximum atomic E-state index is 12.8. The highest BCUT2D eigenvalue weighted by atomic mass is 35.5. The van der Waals surface area contributed by atoms with Crippen LogP contribution < -0.4 is 25.0 Å². The molecule has 9 nitrogen and oxygen atoms in total. The second kappa shape index (κ2) is 14.3. The first kappa shape index (κ1) is 29.6. The van der Waals surface area contributed by atoms with Crippen LogP contribution in [0.3, 0.4) is 0 Å². The fourth-order valence-electron chi connectivity index (χ4n) is 3.66. The minimum absolute atomic E-state index is 0.204. The minimum Gasteiger partial charge on any atom is -0.494 e. The summed E-state index contributed by atoms with van der Waals surface area (Å²) in [7, 11) is 1.44. The van der Waals surface area contributed by atoms with Gasteiger partial charge in [-0.3, -0.25) is 9.59 Å². The molecule has 0 aliphatic carbocycles. The number of unbranched alkanes of at least 4 members (excludes halogenated alkanes) is 1. The van der Waals surface area contributed by atoms with Crippen LogP contribution in [-0.2, 0) is 4.79 Å². The fourth-order valence-corrected chi connectivity index (χ4v) is 5.04.